The molecule has 7 heteroatoms. The number of esters is 2. The van der Waals surface area contributed by atoms with Crippen molar-refractivity contribution in [2.75, 3.05) is 6.61 Å². The van der Waals surface area contributed by atoms with Gasteiger partial charge in [0.15, 0.2) is 0 Å². The zero-order chi connectivity index (χ0) is 19.0. The lowest BCUT2D eigenvalue weighted by Crippen LogP contribution is -2.40. The first kappa shape index (κ1) is 21.9. The number of alkyl carbamates (subject to hydrolysis) is 1. The van der Waals surface area contributed by atoms with Gasteiger partial charge in [-0.2, -0.15) is 0 Å². The Kier molecular flexibility index (Phi) is 8.50. The Bertz CT molecular complexity index is 440. The maximum atomic E-state index is 11.9. The van der Waals surface area contributed by atoms with Crippen LogP contribution in [-0.4, -0.2) is 41.9 Å². The molecule has 0 radical (unpaired) electrons. The molecule has 0 bridgehead atoms. The molecule has 0 saturated carbocycles. The number of rotatable bonds is 6. The number of hydrogen-bond donors (Lipinski definition) is 1. The molecule has 1 amide bonds. The van der Waals surface area contributed by atoms with Gasteiger partial charge >= 0.3 is 18.0 Å². The van der Waals surface area contributed by atoms with Gasteiger partial charge in [0.25, 0.3) is 0 Å². The van der Waals surface area contributed by atoms with Crippen LogP contribution in [-0.2, 0) is 23.8 Å². The molecule has 1 N–H and O–H groups in total. The smallest absolute Gasteiger partial charge is 0.408 e. The zero-order valence-electron chi connectivity index (χ0n) is 15.6. The fraction of sp³-hybridized carbons (Fsp3) is 0.706. The van der Waals surface area contributed by atoms with Crippen LogP contribution < -0.4 is 5.32 Å². The van der Waals surface area contributed by atoms with Crippen LogP contribution in [0.3, 0.4) is 0 Å². The van der Waals surface area contributed by atoms with Crippen LogP contribution in [0.2, 0.25) is 0 Å². The minimum atomic E-state index is -0.751. The largest absolute Gasteiger partial charge is 0.463 e. The molecule has 1 atom stereocenters. The van der Waals surface area contributed by atoms with Crippen molar-refractivity contribution < 1.29 is 28.6 Å². The van der Waals surface area contributed by atoms with E-state index >= 15 is 0 Å². The number of hydrogen-bond acceptors (Lipinski definition) is 6. The van der Waals surface area contributed by atoms with E-state index in [4.69, 9.17) is 14.2 Å². The van der Waals surface area contributed by atoms with Gasteiger partial charge in [-0.25, -0.2) is 9.59 Å². The van der Waals surface area contributed by atoms with Gasteiger partial charge in [-0.15, -0.1) is 0 Å². The Hall–Kier alpha value is -2.05. The van der Waals surface area contributed by atoms with Crippen molar-refractivity contribution >= 4 is 18.0 Å². The summed E-state index contributed by atoms with van der Waals surface area (Å²) in [5.74, 6) is -1.06. The summed E-state index contributed by atoms with van der Waals surface area (Å²) in [6.07, 6.45) is 1.72. The minimum Gasteiger partial charge on any atom is -0.463 e. The Morgan fingerprint density at radius 1 is 1.00 bits per heavy atom. The van der Waals surface area contributed by atoms with Crippen LogP contribution in [0, 0.1) is 0 Å². The van der Waals surface area contributed by atoms with E-state index in [1.165, 1.54) is 6.08 Å². The van der Waals surface area contributed by atoms with Crippen molar-refractivity contribution in [1.29, 1.82) is 0 Å². The lowest BCUT2D eigenvalue weighted by atomic mass is 10.1. The molecular weight excluding hydrogens is 314 g/mol. The molecule has 0 aliphatic carbocycles. The van der Waals surface area contributed by atoms with Crippen LogP contribution in [0.5, 0.6) is 0 Å². The number of ether oxygens (including phenoxy) is 3. The third-order valence-corrected chi connectivity index (χ3v) is 2.26. The van der Waals surface area contributed by atoms with Gasteiger partial charge in [0.05, 0.1) is 19.1 Å². The van der Waals surface area contributed by atoms with E-state index in [0.29, 0.717) is 0 Å². The molecule has 0 aliphatic rings. The van der Waals surface area contributed by atoms with Gasteiger partial charge in [-0.05, 0) is 48.5 Å². The zero-order valence-corrected chi connectivity index (χ0v) is 15.6. The topological polar surface area (TPSA) is 90.9 Å². The Morgan fingerprint density at radius 3 is 2.00 bits per heavy atom. The van der Waals surface area contributed by atoms with E-state index in [1.54, 1.807) is 48.5 Å². The molecule has 0 saturated heterocycles. The molecule has 0 spiro atoms. The summed E-state index contributed by atoms with van der Waals surface area (Å²) in [7, 11) is 0. The van der Waals surface area contributed by atoms with Crippen molar-refractivity contribution in [3.63, 3.8) is 0 Å². The highest BCUT2D eigenvalue weighted by Crippen LogP contribution is 2.11. The Labute approximate surface area is 143 Å². The standard InChI is InChI=1S/C17H29NO6/c1-8-22-13(19)10-9-12(11-14(20)23-16(2,3)4)18-15(21)24-17(5,6)7/h9-10,12H,8,11H2,1-7H3,(H,18,21)/t12-/m1/s1. The van der Waals surface area contributed by atoms with E-state index in [-0.39, 0.29) is 13.0 Å². The monoisotopic (exact) mass is 343 g/mol. The maximum absolute atomic E-state index is 11.9. The maximum Gasteiger partial charge on any atom is 0.408 e. The fourth-order valence-electron chi connectivity index (χ4n) is 1.57. The molecule has 0 aliphatic heterocycles. The van der Waals surface area contributed by atoms with E-state index in [2.05, 4.69) is 5.32 Å². The number of carbonyl (C=O) groups excluding carboxylic acids is 3. The number of nitrogens with one attached hydrogen (secondary N) is 1. The van der Waals surface area contributed by atoms with Crippen LogP contribution in [0.25, 0.3) is 0 Å². The van der Waals surface area contributed by atoms with E-state index in [9.17, 15) is 14.4 Å². The first-order valence-electron chi connectivity index (χ1n) is 7.88. The second kappa shape index (κ2) is 9.30. The normalized spacial score (nSPS) is 13.3. The van der Waals surface area contributed by atoms with Gasteiger partial charge in [-0.1, -0.05) is 6.08 Å². The molecule has 0 rings (SSSR count). The predicted molar refractivity (Wildman–Crippen MR) is 89.4 cm³/mol. The predicted octanol–water partition coefficient (Wildman–Crippen LogP) is 2.73. The quantitative estimate of drug-likeness (QED) is 0.453. The highest BCUT2D eigenvalue weighted by atomic mass is 16.6. The number of carbonyl (C=O) groups is 3. The molecule has 0 aromatic carbocycles. The molecule has 0 aromatic heterocycles. The first-order valence-corrected chi connectivity index (χ1v) is 7.88. The van der Waals surface area contributed by atoms with Gasteiger partial charge in [0.2, 0.25) is 0 Å². The van der Waals surface area contributed by atoms with Gasteiger partial charge < -0.3 is 19.5 Å². The molecule has 7 nitrogen and oxygen atoms in total. The second-order valence-corrected chi connectivity index (χ2v) is 7.15. The van der Waals surface area contributed by atoms with Crippen LogP contribution in [0.1, 0.15) is 54.9 Å². The average Bonchev–Trinajstić information content (AvgIpc) is 2.31. The molecule has 0 heterocycles. The summed E-state index contributed by atoms with van der Waals surface area (Å²) >= 11 is 0. The molecule has 0 unspecified atom stereocenters. The van der Waals surface area contributed by atoms with Gasteiger partial charge in [0.1, 0.15) is 11.2 Å². The Balaban J connectivity index is 4.92. The molecule has 24 heavy (non-hydrogen) atoms. The van der Waals surface area contributed by atoms with Crippen LogP contribution in [0.15, 0.2) is 12.2 Å². The molecule has 0 fully saturated rings. The summed E-state index contributed by atoms with van der Waals surface area (Å²) in [5, 5.41) is 2.53. The van der Waals surface area contributed by atoms with Gasteiger partial charge in [0, 0.05) is 6.08 Å². The van der Waals surface area contributed by atoms with Crippen LogP contribution >= 0.6 is 0 Å². The summed E-state index contributed by atoms with van der Waals surface area (Å²) in [4.78, 5) is 35.2. The van der Waals surface area contributed by atoms with E-state index in [0.717, 1.165) is 6.08 Å². The first-order chi connectivity index (χ1) is 10.8. The number of amides is 1. The van der Waals surface area contributed by atoms with Gasteiger partial charge in [-0.3, -0.25) is 4.79 Å². The summed E-state index contributed by atoms with van der Waals surface area (Å²) < 4.78 is 15.2. The lowest BCUT2D eigenvalue weighted by Gasteiger charge is -2.23. The second-order valence-electron chi connectivity index (χ2n) is 7.15. The van der Waals surface area contributed by atoms with Crippen molar-refractivity contribution in [3.05, 3.63) is 12.2 Å². The van der Waals surface area contributed by atoms with Crippen molar-refractivity contribution in [1.82, 2.24) is 5.32 Å². The molecule has 138 valence electrons. The summed E-state index contributed by atoms with van der Waals surface area (Å²) in [6.45, 7) is 12.3. The highest BCUT2D eigenvalue weighted by Gasteiger charge is 2.23. The average molecular weight is 343 g/mol. The summed E-state index contributed by atoms with van der Waals surface area (Å²) in [6, 6.07) is -0.751. The Morgan fingerprint density at radius 2 is 1.54 bits per heavy atom. The highest BCUT2D eigenvalue weighted by molar-refractivity contribution is 5.82. The minimum absolute atomic E-state index is 0.133. The van der Waals surface area contributed by atoms with Crippen molar-refractivity contribution in [3.8, 4) is 0 Å². The fourth-order valence-corrected chi connectivity index (χ4v) is 1.57. The third kappa shape index (κ3) is 12.5. The van der Waals surface area contributed by atoms with Crippen LogP contribution in [0.4, 0.5) is 4.79 Å². The third-order valence-electron chi connectivity index (χ3n) is 2.26. The van der Waals surface area contributed by atoms with E-state index in [1.807, 2.05) is 0 Å². The van der Waals surface area contributed by atoms with Crippen molar-refractivity contribution in [2.24, 2.45) is 0 Å². The van der Waals surface area contributed by atoms with Crippen molar-refractivity contribution in [2.45, 2.75) is 72.1 Å². The molecular formula is C17H29NO6. The van der Waals surface area contributed by atoms with E-state index < -0.39 is 35.3 Å². The summed E-state index contributed by atoms with van der Waals surface area (Å²) in [5.41, 5.74) is -1.32. The SMILES string of the molecule is CCOC(=O)C=C[C@H](CC(=O)OC(C)(C)C)NC(=O)OC(C)(C)C. The molecule has 0 aromatic rings. The lowest BCUT2D eigenvalue weighted by molar-refractivity contribution is -0.155.